The van der Waals surface area contributed by atoms with Gasteiger partial charge in [-0.1, -0.05) is 26.0 Å². The Morgan fingerprint density at radius 1 is 1.30 bits per heavy atom. The lowest BCUT2D eigenvalue weighted by atomic mass is 10.1. The quantitative estimate of drug-likeness (QED) is 0.836. The monoisotopic (exact) mass is 372 g/mol. The van der Waals surface area contributed by atoms with Crippen molar-refractivity contribution in [2.75, 3.05) is 19.6 Å². The van der Waals surface area contributed by atoms with Gasteiger partial charge in [0.15, 0.2) is 0 Å². The van der Waals surface area contributed by atoms with Crippen LogP contribution >= 0.6 is 0 Å². The number of hydrogen-bond donors (Lipinski definition) is 1. The van der Waals surface area contributed by atoms with Gasteiger partial charge < -0.3 is 19.5 Å². The van der Waals surface area contributed by atoms with Crippen molar-refractivity contribution < 1.29 is 14.7 Å². The van der Waals surface area contributed by atoms with Crippen LogP contribution in [-0.2, 0) is 22.7 Å². The molecule has 1 atom stereocenters. The van der Waals surface area contributed by atoms with Crippen LogP contribution in [-0.4, -0.2) is 61.9 Å². The summed E-state index contributed by atoms with van der Waals surface area (Å²) in [6.07, 6.45) is 0.273. The number of rotatable bonds is 6. The van der Waals surface area contributed by atoms with Crippen molar-refractivity contribution in [2.24, 2.45) is 5.92 Å². The van der Waals surface area contributed by atoms with Crippen LogP contribution in [0.3, 0.4) is 0 Å². The summed E-state index contributed by atoms with van der Waals surface area (Å²) < 4.78 is 1.88. The molecule has 3 rings (SSSR count). The molecule has 2 aromatic rings. The Kier molecular flexibility index (Phi) is 5.79. The van der Waals surface area contributed by atoms with Crippen LogP contribution in [0.2, 0.25) is 0 Å². The summed E-state index contributed by atoms with van der Waals surface area (Å²) >= 11 is 0. The standard InChI is InChI=1S/C20H28N4O3/c1-14(2)12-22-10-11-23(15(3)20(22)27)19(26)8-9-24-17-7-5-4-6-16(17)21-18(24)13-25/h4-7,14-15,25H,8-13H2,1-3H3/t15-/m1/s1. The maximum atomic E-state index is 12.8. The van der Waals surface area contributed by atoms with E-state index in [1.165, 1.54) is 0 Å². The molecule has 1 aromatic carbocycles. The molecule has 2 heterocycles. The first-order valence-corrected chi connectivity index (χ1v) is 9.55. The number of benzene rings is 1. The van der Waals surface area contributed by atoms with Crippen LogP contribution in [0.5, 0.6) is 0 Å². The van der Waals surface area contributed by atoms with Crippen LogP contribution in [0.4, 0.5) is 0 Å². The molecule has 146 valence electrons. The van der Waals surface area contributed by atoms with Crippen LogP contribution in [0, 0.1) is 5.92 Å². The highest BCUT2D eigenvalue weighted by Gasteiger charge is 2.34. The molecule has 27 heavy (non-hydrogen) atoms. The molecular formula is C20H28N4O3. The van der Waals surface area contributed by atoms with Crippen LogP contribution in [0.15, 0.2) is 24.3 Å². The number of imidazole rings is 1. The number of para-hydroxylation sites is 2. The second kappa shape index (κ2) is 8.08. The number of aromatic nitrogens is 2. The van der Waals surface area contributed by atoms with E-state index in [0.717, 1.165) is 17.6 Å². The van der Waals surface area contributed by atoms with Crippen LogP contribution < -0.4 is 0 Å². The second-order valence-corrected chi connectivity index (χ2v) is 7.52. The minimum absolute atomic E-state index is 0.0208. The molecule has 1 aromatic heterocycles. The van der Waals surface area contributed by atoms with Crippen molar-refractivity contribution in [1.82, 2.24) is 19.4 Å². The SMILES string of the molecule is CC(C)CN1CCN(C(=O)CCn2c(CO)nc3ccccc32)[C@H](C)C1=O. The summed E-state index contributed by atoms with van der Waals surface area (Å²) in [5.74, 6) is 0.943. The molecular weight excluding hydrogens is 344 g/mol. The van der Waals surface area contributed by atoms with E-state index in [0.29, 0.717) is 31.4 Å². The number of aryl methyl sites for hydroxylation is 1. The van der Waals surface area contributed by atoms with Gasteiger partial charge in [-0.2, -0.15) is 0 Å². The fraction of sp³-hybridized carbons (Fsp3) is 0.550. The number of carbonyl (C=O) groups excluding carboxylic acids is 2. The van der Waals surface area contributed by atoms with Gasteiger partial charge in [-0.15, -0.1) is 0 Å². The predicted molar refractivity (Wildman–Crippen MR) is 103 cm³/mol. The van der Waals surface area contributed by atoms with E-state index < -0.39 is 6.04 Å². The Bertz CT molecular complexity index is 830. The van der Waals surface area contributed by atoms with E-state index in [1.807, 2.05) is 33.7 Å². The highest BCUT2D eigenvalue weighted by atomic mass is 16.3. The molecule has 1 fully saturated rings. The van der Waals surface area contributed by atoms with E-state index in [2.05, 4.69) is 18.8 Å². The molecule has 7 nitrogen and oxygen atoms in total. The van der Waals surface area contributed by atoms with Crippen molar-refractivity contribution in [3.05, 3.63) is 30.1 Å². The predicted octanol–water partition coefficient (Wildman–Crippen LogP) is 1.63. The lowest BCUT2D eigenvalue weighted by Gasteiger charge is -2.40. The van der Waals surface area contributed by atoms with E-state index >= 15 is 0 Å². The third kappa shape index (κ3) is 3.98. The van der Waals surface area contributed by atoms with E-state index in [4.69, 9.17) is 0 Å². The minimum atomic E-state index is -0.429. The molecule has 7 heteroatoms. The molecule has 1 N–H and O–H groups in total. The van der Waals surface area contributed by atoms with Gasteiger partial charge in [-0.3, -0.25) is 9.59 Å². The molecule has 0 aliphatic carbocycles. The zero-order chi connectivity index (χ0) is 19.6. The Hall–Kier alpha value is -2.41. The summed E-state index contributed by atoms with van der Waals surface area (Å²) in [6, 6.07) is 7.21. The van der Waals surface area contributed by atoms with Crippen LogP contribution in [0.25, 0.3) is 11.0 Å². The average Bonchev–Trinajstić information content (AvgIpc) is 3.01. The average molecular weight is 372 g/mol. The number of aliphatic hydroxyl groups excluding tert-OH is 1. The molecule has 2 amide bonds. The summed E-state index contributed by atoms with van der Waals surface area (Å²) in [5, 5.41) is 9.58. The Balaban J connectivity index is 1.67. The van der Waals surface area contributed by atoms with Crippen molar-refractivity contribution >= 4 is 22.8 Å². The number of aliphatic hydroxyl groups is 1. The number of fused-ring (bicyclic) bond motifs is 1. The lowest BCUT2D eigenvalue weighted by Crippen LogP contribution is -2.58. The summed E-state index contributed by atoms with van der Waals surface area (Å²) in [7, 11) is 0. The maximum Gasteiger partial charge on any atom is 0.245 e. The van der Waals surface area contributed by atoms with E-state index in [1.54, 1.807) is 11.8 Å². The maximum absolute atomic E-state index is 12.8. The van der Waals surface area contributed by atoms with Crippen molar-refractivity contribution in [2.45, 2.75) is 46.4 Å². The largest absolute Gasteiger partial charge is 0.388 e. The molecule has 0 unspecified atom stereocenters. The first-order valence-electron chi connectivity index (χ1n) is 9.55. The number of nitrogens with zero attached hydrogens (tertiary/aromatic N) is 4. The van der Waals surface area contributed by atoms with Crippen molar-refractivity contribution in [3.8, 4) is 0 Å². The van der Waals surface area contributed by atoms with E-state index in [-0.39, 0.29) is 24.8 Å². The zero-order valence-electron chi connectivity index (χ0n) is 16.3. The topological polar surface area (TPSA) is 78.7 Å². The smallest absolute Gasteiger partial charge is 0.245 e. The Morgan fingerprint density at radius 3 is 2.74 bits per heavy atom. The van der Waals surface area contributed by atoms with Gasteiger partial charge in [-0.05, 0) is 25.0 Å². The third-order valence-electron chi connectivity index (χ3n) is 5.08. The fourth-order valence-corrected chi connectivity index (χ4v) is 3.74. The molecule has 0 bridgehead atoms. The van der Waals surface area contributed by atoms with Gasteiger partial charge in [0, 0.05) is 32.6 Å². The Morgan fingerprint density at radius 2 is 2.04 bits per heavy atom. The molecule has 0 saturated carbocycles. The molecule has 0 radical (unpaired) electrons. The summed E-state index contributed by atoms with van der Waals surface area (Å²) in [5.41, 5.74) is 1.71. The fourth-order valence-electron chi connectivity index (χ4n) is 3.74. The first kappa shape index (κ1) is 19.4. The molecule has 1 aliphatic heterocycles. The summed E-state index contributed by atoms with van der Waals surface area (Å²) in [4.78, 5) is 33.3. The van der Waals surface area contributed by atoms with Gasteiger partial charge in [0.05, 0.1) is 11.0 Å². The lowest BCUT2D eigenvalue weighted by molar-refractivity contribution is -0.151. The van der Waals surface area contributed by atoms with Crippen LogP contribution in [0.1, 0.15) is 33.0 Å². The zero-order valence-corrected chi connectivity index (χ0v) is 16.3. The molecule has 1 saturated heterocycles. The highest BCUT2D eigenvalue weighted by Crippen LogP contribution is 2.18. The minimum Gasteiger partial charge on any atom is -0.388 e. The summed E-state index contributed by atoms with van der Waals surface area (Å²) in [6.45, 7) is 8.12. The van der Waals surface area contributed by atoms with Gasteiger partial charge in [-0.25, -0.2) is 4.98 Å². The van der Waals surface area contributed by atoms with E-state index in [9.17, 15) is 14.7 Å². The molecule has 0 spiro atoms. The van der Waals surface area contributed by atoms with Crippen molar-refractivity contribution in [3.63, 3.8) is 0 Å². The highest BCUT2D eigenvalue weighted by molar-refractivity contribution is 5.88. The molecule has 1 aliphatic rings. The normalized spacial score (nSPS) is 18.0. The van der Waals surface area contributed by atoms with Gasteiger partial charge in [0.2, 0.25) is 11.8 Å². The van der Waals surface area contributed by atoms with Crippen molar-refractivity contribution in [1.29, 1.82) is 0 Å². The number of piperazine rings is 1. The van der Waals surface area contributed by atoms with Gasteiger partial charge in [0.25, 0.3) is 0 Å². The third-order valence-corrected chi connectivity index (χ3v) is 5.08. The van der Waals surface area contributed by atoms with Gasteiger partial charge >= 0.3 is 0 Å². The number of carbonyl (C=O) groups is 2. The first-order chi connectivity index (χ1) is 12.9. The van der Waals surface area contributed by atoms with Gasteiger partial charge in [0.1, 0.15) is 18.5 Å². The number of amides is 2. The second-order valence-electron chi connectivity index (χ2n) is 7.52. The number of hydrogen-bond acceptors (Lipinski definition) is 4. The Labute approximate surface area is 159 Å².